The minimum absolute atomic E-state index is 0.196. The molecule has 2 rings (SSSR count). The van der Waals surface area contributed by atoms with Crippen LogP contribution in [0.5, 0.6) is 0 Å². The standard InChI is InChI=1S/C12H16BrNS/c13-11-4-2-1-3-10(11)12(14)9-5-7-15-8-6-9/h1-4,9,12H,5-8,14H2. The number of thioether (sulfide) groups is 1. The molecule has 0 amide bonds. The lowest BCUT2D eigenvalue weighted by molar-refractivity contribution is 0.403. The Bertz CT molecular complexity index is 323. The van der Waals surface area contributed by atoms with E-state index in [0.717, 1.165) is 4.47 Å². The second-order valence-corrected chi connectivity index (χ2v) is 6.08. The lowest BCUT2D eigenvalue weighted by Crippen LogP contribution is -2.25. The van der Waals surface area contributed by atoms with E-state index in [1.54, 1.807) is 0 Å². The van der Waals surface area contributed by atoms with Gasteiger partial charge in [-0.05, 0) is 41.9 Å². The molecule has 1 saturated heterocycles. The lowest BCUT2D eigenvalue weighted by Gasteiger charge is -2.28. The quantitative estimate of drug-likeness (QED) is 0.899. The van der Waals surface area contributed by atoms with Gasteiger partial charge in [-0.15, -0.1) is 0 Å². The maximum absolute atomic E-state index is 6.33. The van der Waals surface area contributed by atoms with Gasteiger partial charge in [0.2, 0.25) is 0 Å². The van der Waals surface area contributed by atoms with Crippen molar-refractivity contribution in [3.05, 3.63) is 34.3 Å². The Morgan fingerprint density at radius 3 is 2.60 bits per heavy atom. The van der Waals surface area contributed by atoms with Crippen LogP contribution >= 0.6 is 27.7 Å². The van der Waals surface area contributed by atoms with Gasteiger partial charge in [0.15, 0.2) is 0 Å². The first-order valence-corrected chi connectivity index (χ1v) is 7.31. The average Bonchev–Trinajstić information content (AvgIpc) is 2.30. The first kappa shape index (κ1) is 11.5. The highest BCUT2D eigenvalue weighted by atomic mass is 79.9. The van der Waals surface area contributed by atoms with Gasteiger partial charge in [-0.2, -0.15) is 11.8 Å². The summed E-state index contributed by atoms with van der Waals surface area (Å²) in [5, 5.41) is 0. The zero-order chi connectivity index (χ0) is 10.7. The number of rotatable bonds is 2. The minimum atomic E-state index is 0.196. The van der Waals surface area contributed by atoms with Gasteiger partial charge in [0.25, 0.3) is 0 Å². The van der Waals surface area contributed by atoms with Crippen molar-refractivity contribution in [2.75, 3.05) is 11.5 Å². The van der Waals surface area contributed by atoms with Crippen LogP contribution in [0.3, 0.4) is 0 Å². The van der Waals surface area contributed by atoms with E-state index in [-0.39, 0.29) is 6.04 Å². The Morgan fingerprint density at radius 1 is 1.27 bits per heavy atom. The zero-order valence-electron chi connectivity index (χ0n) is 8.66. The number of hydrogen-bond acceptors (Lipinski definition) is 2. The number of benzene rings is 1. The summed E-state index contributed by atoms with van der Waals surface area (Å²) in [6.45, 7) is 0. The van der Waals surface area contributed by atoms with Crippen LogP contribution in [-0.4, -0.2) is 11.5 Å². The normalized spacial score (nSPS) is 20.1. The number of hydrogen-bond donors (Lipinski definition) is 1. The molecule has 82 valence electrons. The Kier molecular flexibility index (Phi) is 4.12. The van der Waals surface area contributed by atoms with E-state index in [2.05, 4.69) is 34.1 Å². The molecule has 0 radical (unpaired) electrons. The van der Waals surface area contributed by atoms with Crippen LogP contribution in [-0.2, 0) is 0 Å². The van der Waals surface area contributed by atoms with Gasteiger partial charge in [-0.1, -0.05) is 34.1 Å². The van der Waals surface area contributed by atoms with E-state index >= 15 is 0 Å². The molecule has 1 aliphatic rings. The van der Waals surface area contributed by atoms with Crippen LogP contribution in [0.2, 0.25) is 0 Å². The molecule has 1 nitrogen and oxygen atoms in total. The number of nitrogens with two attached hydrogens (primary N) is 1. The average molecular weight is 286 g/mol. The van der Waals surface area contributed by atoms with Gasteiger partial charge in [0.1, 0.15) is 0 Å². The molecule has 3 heteroatoms. The van der Waals surface area contributed by atoms with E-state index < -0.39 is 0 Å². The van der Waals surface area contributed by atoms with Gasteiger partial charge >= 0.3 is 0 Å². The highest BCUT2D eigenvalue weighted by molar-refractivity contribution is 9.10. The van der Waals surface area contributed by atoms with E-state index in [9.17, 15) is 0 Å². The Labute approximate surface area is 104 Å². The van der Waals surface area contributed by atoms with Crippen LogP contribution in [0.4, 0.5) is 0 Å². The predicted molar refractivity (Wildman–Crippen MR) is 71.1 cm³/mol. The van der Waals surface area contributed by atoms with E-state index in [1.165, 1.54) is 29.9 Å². The van der Waals surface area contributed by atoms with Crippen molar-refractivity contribution in [3.8, 4) is 0 Å². The fraction of sp³-hybridized carbons (Fsp3) is 0.500. The van der Waals surface area contributed by atoms with Gasteiger partial charge in [0.05, 0.1) is 0 Å². The molecule has 0 saturated carbocycles. The van der Waals surface area contributed by atoms with Gasteiger partial charge < -0.3 is 5.73 Å². The third-order valence-corrected chi connectivity index (χ3v) is 4.81. The van der Waals surface area contributed by atoms with Crippen LogP contribution in [0, 0.1) is 5.92 Å². The highest BCUT2D eigenvalue weighted by Gasteiger charge is 2.23. The summed E-state index contributed by atoms with van der Waals surface area (Å²) >= 11 is 5.63. The summed E-state index contributed by atoms with van der Waals surface area (Å²) in [4.78, 5) is 0. The molecule has 1 aromatic carbocycles. The van der Waals surface area contributed by atoms with Crippen molar-refractivity contribution in [2.45, 2.75) is 18.9 Å². The highest BCUT2D eigenvalue weighted by Crippen LogP contribution is 2.34. The minimum Gasteiger partial charge on any atom is -0.324 e. The van der Waals surface area contributed by atoms with Crippen LogP contribution < -0.4 is 5.73 Å². The topological polar surface area (TPSA) is 26.0 Å². The van der Waals surface area contributed by atoms with Crippen molar-refractivity contribution >= 4 is 27.7 Å². The van der Waals surface area contributed by atoms with Crippen LogP contribution in [0.25, 0.3) is 0 Å². The van der Waals surface area contributed by atoms with Crippen molar-refractivity contribution < 1.29 is 0 Å². The van der Waals surface area contributed by atoms with Gasteiger partial charge in [0, 0.05) is 10.5 Å². The Morgan fingerprint density at radius 2 is 1.93 bits per heavy atom. The maximum atomic E-state index is 6.33. The molecule has 1 fully saturated rings. The molecular formula is C12H16BrNS. The van der Waals surface area contributed by atoms with Crippen LogP contribution in [0.1, 0.15) is 24.4 Å². The molecule has 1 aromatic rings. The van der Waals surface area contributed by atoms with Crippen molar-refractivity contribution in [1.82, 2.24) is 0 Å². The fourth-order valence-electron chi connectivity index (χ4n) is 2.07. The number of halogens is 1. The molecule has 1 atom stereocenters. The molecule has 0 spiro atoms. The second kappa shape index (κ2) is 5.37. The lowest BCUT2D eigenvalue weighted by atomic mass is 9.89. The molecule has 1 aliphatic heterocycles. The molecule has 1 unspecified atom stereocenters. The van der Waals surface area contributed by atoms with Crippen LogP contribution in [0.15, 0.2) is 28.7 Å². The van der Waals surface area contributed by atoms with Gasteiger partial charge in [-0.25, -0.2) is 0 Å². The smallest absolute Gasteiger partial charge is 0.0335 e. The fourth-order valence-corrected chi connectivity index (χ4v) is 3.77. The summed E-state index contributed by atoms with van der Waals surface area (Å²) in [6.07, 6.45) is 2.51. The third kappa shape index (κ3) is 2.77. The predicted octanol–water partition coefficient (Wildman–Crippen LogP) is 3.59. The SMILES string of the molecule is NC(c1ccccc1Br)C1CCSCC1. The Hall–Kier alpha value is 0.01000. The Balaban J connectivity index is 2.12. The first-order valence-electron chi connectivity index (χ1n) is 5.37. The maximum Gasteiger partial charge on any atom is 0.0335 e. The van der Waals surface area contributed by atoms with Crippen molar-refractivity contribution in [2.24, 2.45) is 11.7 Å². The molecule has 0 aromatic heterocycles. The van der Waals surface area contributed by atoms with E-state index in [0.29, 0.717) is 5.92 Å². The first-order chi connectivity index (χ1) is 7.29. The zero-order valence-corrected chi connectivity index (χ0v) is 11.1. The van der Waals surface area contributed by atoms with E-state index in [1.807, 2.05) is 17.8 Å². The second-order valence-electron chi connectivity index (χ2n) is 4.00. The molecule has 1 heterocycles. The molecule has 0 aliphatic carbocycles. The summed E-state index contributed by atoms with van der Waals surface area (Å²) in [5.41, 5.74) is 7.59. The monoisotopic (exact) mass is 285 g/mol. The van der Waals surface area contributed by atoms with E-state index in [4.69, 9.17) is 5.73 Å². The molecule has 15 heavy (non-hydrogen) atoms. The summed E-state index contributed by atoms with van der Waals surface area (Å²) in [6, 6.07) is 8.51. The summed E-state index contributed by atoms with van der Waals surface area (Å²) in [7, 11) is 0. The van der Waals surface area contributed by atoms with Crippen molar-refractivity contribution in [3.63, 3.8) is 0 Å². The summed E-state index contributed by atoms with van der Waals surface area (Å²) < 4.78 is 1.15. The largest absolute Gasteiger partial charge is 0.324 e. The van der Waals surface area contributed by atoms with Crippen molar-refractivity contribution in [1.29, 1.82) is 0 Å². The molecular weight excluding hydrogens is 270 g/mol. The third-order valence-electron chi connectivity index (χ3n) is 3.04. The molecule has 0 bridgehead atoms. The van der Waals surface area contributed by atoms with Gasteiger partial charge in [-0.3, -0.25) is 0 Å². The summed E-state index contributed by atoms with van der Waals surface area (Å²) in [5.74, 6) is 3.19. The molecule has 2 N–H and O–H groups in total.